The predicted octanol–water partition coefficient (Wildman–Crippen LogP) is 0.432. The zero-order valence-corrected chi connectivity index (χ0v) is 12.2. The van der Waals surface area contributed by atoms with Gasteiger partial charge in [-0.05, 0) is 13.8 Å². The number of halogens is 1. The van der Waals surface area contributed by atoms with E-state index >= 15 is 0 Å². The second kappa shape index (κ2) is 6.03. The monoisotopic (exact) mass is 287 g/mol. The third-order valence-corrected chi connectivity index (χ3v) is 2.34. The highest BCUT2D eigenvalue weighted by atomic mass is 35.5. The van der Waals surface area contributed by atoms with Gasteiger partial charge in [0.25, 0.3) is 0 Å². The number of aliphatic hydroxyl groups excluding tert-OH is 1. The number of rotatable bonds is 4. The van der Waals surface area contributed by atoms with Crippen LogP contribution in [0.25, 0.3) is 11.2 Å². The van der Waals surface area contributed by atoms with Gasteiger partial charge in [0.05, 0.1) is 6.10 Å². The van der Waals surface area contributed by atoms with E-state index < -0.39 is 6.10 Å². The second-order valence-electron chi connectivity index (χ2n) is 4.38. The van der Waals surface area contributed by atoms with Crippen LogP contribution in [0, 0.1) is 6.92 Å². The molecule has 2 aromatic heterocycles. The number of aryl methyl sites for hydroxylation is 1. The first-order valence-corrected chi connectivity index (χ1v) is 5.69. The highest BCUT2D eigenvalue weighted by Crippen LogP contribution is 2.20. The summed E-state index contributed by atoms with van der Waals surface area (Å²) in [6, 6.07) is 0. The lowest BCUT2D eigenvalue weighted by Crippen LogP contribution is -2.21. The van der Waals surface area contributed by atoms with Crippen molar-refractivity contribution in [2.45, 2.75) is 20.0 Å². The molecule has 2 heterocycles. The number of imidazole rings is 1. The van der Waals surface area contributed by atoms with Gasteiger partial charge in [0.2, 0.25) is 5.65 Å². The average Bonchev–Trinajstić information content (AvgIpc) is 2.68. The van der Waals surface area contributed by atoms with Crippen molar-refractivity contribution in [3.63, 3.8) is 0 Å². The summed E-state index contributed by atoms with van der Waals surface area (Å²) in [5.74, 6) is 1.39. The first kappa shape index (κ1) is 15.5. The molecule has 0 fully saturated rings. The first-order chi connectivity index (χ1) is 8.49. The number of anilines is 1. The Labute approximate surface area is 117 Å². The molecule has 19 heavy (non-hydrogen) atoms. The Morgan fingerprint density at radius 3 is 2.68 bits per heavy atom. The molecule has 106 valence electrons. The zero-order valence-electron chi connectivity index (χ0n) is 11.4. The van der Waals surface area contributed by atoms with Gasteiger partial charge in [-0.15, -0.1) is 12.4 Å². The molecule has 0 spiro atoms. The molecule has 0 aliphatic rings. The molecule has 0 saturated carbocycles. The van der Waals surface area contributed by atoms with Gasteiger partial charge in [0.1, 0.15) is 18.8 Å². The van der Waals surface area contributed by atoms with Crippen LogP contribution < -0.4 is 9.74 Å². The van der Waals surface area contributed by atoms with Crippen molar-refractivity contribution in [1.29, 1.82) is 0 Å². The lowest BCUT2D eigenvalue weighted by atomic mass is 10.4. The molecule has 2 aromatic rings. The van der Waals surface area contributed by atoms with E-state index in [0.29, 0.717) is 17.0 Å². The summed E-state index contributed by atoms with van der Waals surface area (Å²) in [4.78, 5) is 20.2. The molecule has 0 aromatic carbocycles. The number of nitrogens with zero attached hydrogens (tertiary/aromatic N) is 5. The molecule has 0 bridgehead atoms. The lowest BCUT2D eigenvalue weighted by Gasteiger charge is -2.12. The topological polar surface area (TPSA) is 76.3 Å². The van der Waals surface area contributed by atoms with Gasteiger partial charge in [-0.2, -0.15) is 4.73 Å². The average molecular weight is 288 g/mol. The summed E-state index contributed by atoms with van der Waals surface area (Å²) in [5.41, 5.74) is 1.28. The summed E-state index contributed by atoms with van der Waals surface area (Å²) in [6.45, 7) is 3.66. The maximum absolute atomic E-state index is 9.22. The van der Waals surface area contributed by atoms with Crippen LogP contribution in [-0.4, -0.2) is 51.6 Å². The van der Waals surface area contributed by atoms with Gasteiger partial charge in [-0.25, -0.2) is 15.0 Å². The summed E-state index contributed by atoms with van der Waals surface area (Å²) in [6.07, 6.45) is 0.993. The number of aliphatic hydroxyl groups is 1. The third kappa shape index (κ3) is 3.24. The molecule has 2 rings (SSSR count). The summed E-state index contributed by atoms with van der Waals surface area (Å²) >= 11 is 0. The minimum absolute atomic E-state index is 0. The van der Waals surface area contributed by atoms with E-state index in [-0.39, 0.29) is 19.0 Å². The van der Waals surface area contributed by atoms with Crippen molar-refractivity contribution in [2.75, 3.05) is 25.6 Å². The highest BCUT2D eigenvalue weighted by Gasteiger charge is 2.14. The van der Waals surface area contributed by atoms with Crippen molar-refractivity contribution in [1.82, 2.24) is 19.7 Å². The number of fused-ring (bicyclic) bond motifs is 1. The normalized spacial score (nSPS) is 12.1. The zero-order chi connectivity index (χ0) is 13.3. The van der Waals surface area contributed by atoms with Crippen molar-refractivity contribution in [2.24, 2.45) is 0 Å². The van der Waals surface area contributed by atoms with Crippen molar-refractivity contribution >= 4 is 29.4 Å². The van der Waals surface area contributed by atoms with Crippen LogP contribution >= 0.6 is 12.4 Å². The van der Waals surface area contributed by atoms with Crippen LogP contribution in [-0.2, 0) is 0 Å². The Balaban J connectivity index is 0.00000180. The van der Waals surface area contributed by atoms with Crippen LogP contribution in [0.4, 0.5) is 5.82 Å². The summed E-state index contributed by atoms with van der Waals surface area (Å²) < 4.78 is 1.46. The van der Waals surface area contributed by atoms with E-state index in [1.807, 2.05) is 25.9 Å². The molecule has 0 aliphatic heterocycles. The molecule has 8 heteroatoms. The van der Waals surface area contributed by atoms with Crippen LogP contribution in [0.15, 0.2) is 6.33 Å². The molecular formula is C11H18ClN5O2. The highest BCUT2D eigenvalue weighted by molar-refractivity contribution is 5.85. The van der Waals surface area contributed by atoms with Gasteiger partial charge in [0, 0.05) is 14.1 Å². The van der Waals surface area contributed by atoms with E-state index in [1.54, 1.807) is 6.92 Å². The number of aromatic nitrogens is 4. The fourth-order valence-corrected chi connectivity index (χ4v) is 1.57. The molecule has 1 atom stereocenters. The maximum atomic E-state index is 9.22. The number of hydrogen-bond acceptors (Lipinski definition) is 6. The minimum Gasteiger partial charge on any atom is -0.408 e. The van der Waals surface area contributed by atoms with Gasteiger partial charge >= 0.3 is 0 Å². The van der Waals surface area contributed by atoms with E-state index in [2.05, 4.69) is 15.0 Å². The quantitative estimate of drug-likeness (QED) is 0.879. The molecule has 0 saturated heterocycles. The minimum atomic E-state index is -0.543. The van der Waals surface area contributed by atoms with E-state index in [4.69, 9.17) is 4.84 Å². The van der Waals surface area contributed by atoms with Crippen LogP contribution in [0.1, 0.15) is 12.7 Å². The largest absolute Gasteiger partial charge is 0.408 e. The molecule has 0 radical (unpaired) electrons. The van der Waals surface area contributed by atoms with Crippen molar-refractivity contribution < 1.29 is 9.94 Å². The van der Waals surface area contributed by atoms with E-state index in [1.165, 1.54) is 11.1 Å². The molecule has 7 nitrogen and oxygen atoms in total. The Morgan fingerprint density at radius 2 is 2.11 bits per heavy atom. The Morgan fingerprint density at radius 1 is 1.42 bits per heavy atom. The SMILES string of the molecule is Cc1nc(N(C)C)c2ncn(OCC(C)O)c2n1.Cl. The van der Waals surface area contributed by atoms with E-state index in [9.17, 15) is 5.11 Å². The standard InChI is InChI=1S/C11H17N5O2.ClH/c1-7(17)5-18-16-6-12-9-10(15(3)4)13-8(2)14-11(9)16;/h6-7,17H,5H2,1-4H3;1H. The molecule has 0 amide bonds. The molecule has 1 unspecified atom stereocenters. The van der Waals surface area contributed by atoms with E-state index in [0.717, 1.165) is 5.82 Å². The molecular weight excluding hydrogens is 270 g/mol. The Bertz CT molecular complexity index is 555. The summed E-state index contributed by atoms with van der Waals surface area (Å²) in [5, 5.41) is 9.22. The van der Waals surface area contributed by atoms with Gasteiger partial charge in [0.15, 0.2) is 11.3 Å². The van der Waals surface area contributed by atoms with Crippen molar-refractivity contribution in [3.8, 4) is 0 Å². The second-order valence-corrected chi connectivity index (χ2v) is 4.38. The van der Waals surface area contributed by atoms with Crippen LogP contribution in [0.2, 0.25) is 0 Å². The van der Waals surface area contributed by atoms with Crippen LogP contribution in [0.3, 0.4) is 0 Å². The van der Waals surface area contributed by atoms with Gasteiger partial charge in [-0.3, -0.25) is 0 Å². The summed E-state index contributed by atoms with van der Waals surface area (Å²) in [7, 11) is 3.80. The lowest BCUT2D eigenvalue weighted by molar-refractivity contribution is 0.0393. The number of hydrogen-bond donors (Lipinski definition) is 1. The molecule has 0 aliphatic carbocycles. The smallest absolute Gasteiger partial charge is 0.201 e. The predicted molar refractivity (Wildman–Crippen MR) is 74.8 cm³/mol. The molecule has 1 N–H and O–H groups in total. The fraction of sp³-hybridized carbons (Fsp3) is 0.545. The first-order valence-electron chi connectivity index (χ1n) is 5.69. The van der Waals surface area contributed by atoms with Crippen LogP contribution in [0.5, 0.6) is 0 Å². The van der Waals surface area contributed by atoms with Crippen molar-refractivity contribution in [3.05, 3.63) is 12.2 Å². The fourth-order valence-electron chi connectivity index (χ4n) is 1.57. The Kier molecular flexibility index (Phi) is 4.90. The Hall–Kier alpha value is -1.60. The van der Waals surface area contributed by atoms with Gasteiger partial charge < -0.3 is 14.8 Å². The third-order valence-electron chi connectivity index (χ3n) is 2.34. The van der Waals surface area contributed by atoms with Gasteiger partial charge in [-0.1, -0.05) is 0 Å². The maximum Gasteiger partial charge on any atom is 0.201 e.